The summed E-state index contributed by atoms with van der Waals surface area (Å²) in [5, 5.41) is 0. The summed E-state index contributed by atoms with van der Waals surface area (Å²) < 4.78 is 25.6. The lowest BCUT2D eigenvalue weighted by Crippen LogP contribution is -2.31. The molecule has 0 saturated carbocycles. The molecule has 1 aromatic rings. The molecule has 4 aliphatic heterocycles. The average Bonchev–Trinajstić information content (AvgIpc) is 3.61. The molecule has 3 atom stereocenters. The number of likely N-dealkylation sites (tertiary alicyclic amines) is 3. The number of nitrogens with zero attached hydrogens (tertiary/aromatic N) is 3. The molecule has 1 aliphatic carbocycles. The maximum Gasteiger partial charge on any atom is 0.262 e. The summed E-state index contributed by atoms with van der Waals surface area (Å²) in [6.45, 7) is 6.64. The van der Waals surface area contributed by atoms with Crippen molar-refractivity contribution in [2.75, 3.05) is 52.3 Å². The van der Waals surface area contributed by atoms with Crippen LogP contribution in [0.15, 0.2) is 24.3 Å². The van der Waals surface area contributed by atoms with Gasteiger partial charge in [-0.15, -0.1) is 23.5 Å². The predicted molar refractivity (Wildman–Crippen MR) is 169 cm³/mol. The van der Waals surface area contributed by atoms with Gasteiger partial charge < -0.3 is 0 Å². The zero-order valence-corrected chi connectivity index (χ0v) is 27.6. The lowest BCUT2D eigenvalue weighted by molar-refractivity contribution is -0.121. The zero-order valence-electron chi connectivity index (χ0n) is 26.0. The number of carbonyl (C=O) groups excluding carboxylic acids is 3. The highest BCUT2D eigenvalue weighted by Gasteiger charge is 2.48. The summed E-state index contributed by atoms with van der Waals surface area (Å²) in [4.78, 5) is 39.7. The van der Waals surface area contributed by atoms with Crippen molar-refractivity contribution in [2.24, 2.45) is 5.41 Å². The molecule has 6 nitrogen and oxygen atoms in total. The molecule has 4 heterocycles. The van der Waals surface area contributed by atoms with Gasteiger partial charge in [0.05, 0.1) is 28.7 Å². The smallest absolute Gasteiger partial charge is 0.262 e. The molecular weight excluding hydrogens is 577 g/mol. The van der Waals surface area contributed by atoms with Crippen LogP contribution in [-0.4, -0.2) is 112 Å². The highest BCUT2D eigenvalue weighted by Crippen LogP contribution is 2.50. The van der Waals surface area contributed by atoms with Crippen LogP contribution < -0.4 is 0 Å². The Balaban J connectivity index is 0.000000149. The summed E-state index contributed by atoms with van der Waals surface area (Å²) in [6, 6.07) is 8.47. The van der Waals surface area contributed by atoms with Crippen LogP contribution in [0.5, 0.6) is 0 Å². The van der Waals surface area contributed by atoms with Crippen molar-refractivity contribution in [3.05, 3.63) is 35.4 Å². The van der Waals surface area contributed by atoms with Gasteiger partial charge in [-0.25, -0.2) is 8.78 Å². The number of hydrogen-bond donors (Lipinski definition) is 0. The highest BCUT2D eigenvalue weighted by molar-refractivity contribution is 8.18. The van der Waals surface area contributed by atoms with E-state index in [1.807, 2.05) is 0 Å². The van der Waals surface area contributed by atoms with Gasteiger partial charge in [0.2, 0.25) is 0 Å². The highest BCUT2D eigenvalue weighted by atomic mass is 32.2. The fourth-order valence-electron chi connectivity index (χ4n) is 7.47. The van der Waals surface area contributed by atoms with Gasteiger partial charge in [-0.1, -0.05) is 24.3 Å². The molecule has 0 N–H and O–H groups in total. The first-order valence-corrected chi connectivity index (χ1v) is 17.0. The van der Waals surface area contributed by atoms with Crippen molar-refractivity contribution in [3.63, 3.8) is 0 Å². The van der Waals surface area contributed by atoms with E-state index in [0.717, 1.165) is 38.8 Å². The number of likely N-dealkylation sites (N-methyl/N-ethyl adjacent to an activating group) is 3. The van der Waals surface area contributed by atoms with E-state index in [4.69, 9.17) is 0 Å². The number of hydrogen-bond acceptors (Lipinski definition) is 8. The van der Waals surface area contributed by atoms with Gasteiger partial charge in [0.15, 0.2) is 0 Å². The Morgan fingerprint density at radius 1 is 0.714 bits per heavy atom. The van der Waals surface area contributed by atoms with Gasteiger partial charge in [-0.3, -0.25) is 29.1 Å². The van der Waals surface area contributed by atoms with Crippen molar-refractivity contribution in [2.45, 2.75) is 87.4 Å². The van der Waals surface area contributed by atoms with Gasteiger partial charge in [-0.05, 0) is 102 Å². The van der Waals surface area contributed by atoms with Crippen molar-refractivity contribution < 1.29 is 23.2 Å². The van der Waals surface area contributed by atoms with Crippen molar-refractivity contribution in [1.29, 1.82) is 0 Å². The minimum absolute atomic E-state index is 0.143. The monoisotopic (exact) mass is 623 g/mol. The van der Waals surface area contributed by atoms with E-state index < -0.39 is 12.0 Å². The van der Waals surface area contributed by atoms with Crippen molar-refractivity contribution >= 4 is 40.9 Å². The molecule has 0 unspecified atom stereocenters. The van der Waals surface area contributed by atoms with Crippen LogP contribution in [0.3, 0.4) is 0 Å². The van der Waals surface area contributed by atoms with E-state index in [1.54, 1.807) is 20.9 Å². The first kappa shape index (κ1) is 33.6. The van der Waals surface area contributed by atoms with E-state index in [2.05, 4.69) is 71.7 Å². The Labute approximate surface area is 258 Å². The Morgan fingerprint density at radius 2 is 1.17 bits per heavy atom. The summed E-state index contributed by atoms with van der Waals surface area (Å²) in [7, 11) is 5.72. The third kappa shape index (κ3) is 7.84. The minimum Gasteiger partial charge on any atom is -0.298 e. The van der Waals surface area contributed by atoms with Gasteiger partial charge >= 0.3 is 0 Å². The number of rotatable bonds is 3. The zero-order chi connectivity index (χ0) is 30.9. The average molecular weight is 624 g/mol. The molecule has 234 valence electrons. The molecule has 42 heavy (non-hydrogen) atoms. The molecule has 6 rings (SSSR count). The van der Waals surface area contributed by atoms with Crippen LogP contribution in [-0.2, 0) is 27.2 Å². The maximum absolute atomic E-state index is 12.6. The fourth-order valence-corrected chi connectivity index (χ4v) is 10.9. The Morgan fingerprint density at radius 3 is 1.57 bits per heavy atom. The summed E-state index contributed by atoms with van der Waals surface area (Å²) in [5.74, 6) is 0.336. The molecule has 0 radical (unpaired) electrons. The third-order valence-electron chi connectivity index (χ3n) is 9.45. The van der Waals surface area contributed by atoms with E-state index >= 15 is 0 Å². The Hall–Kier alpha value is -1.33. The summed E-state index contributed by atoms with van der Waals surface area (Å²) in [6.07, 6.45) is 5.39. The Bertz CT molecular complexity index is 1130. The molecule has 0 amide bonds. The molecule has 0 bridgehead atoms. The van der Waals surface area contributed by atoms with Gasteiger partial charge in [0, 0.05) is 19.5 Å². The van der Waals surface area contributed by atoms with Crippen molar-refractivity contribution in [1.82, 2.24) is 14.7 Å². The van der Waals surface area contributed by atoms with Crippen LogP contribution in [0.2, 0.25) is 0 Å². The predicted octanol–water partition coefficient (Wildman–Crippen LogP) is 4.83. The number of alkyl halides is 2. The van der Waals surface area contributed by atoms with Crippen LogP contribution in [0.1, 0.15) is 57.6 Å². The van der Waals surface area contributed by atoms with Crippen LogP contribution in [0.25, 0.3) is 0 Å². The summed E-state index contributed by atoms with van der Waals surface area (Å²) >= 11 is 4.13. The maximum atomic E-state index is 12.6. The van der Waals surface area contributed by atoms with E-state index in [1.165, 1.54) is 40.9 Å². The van der Waals surface area contributed by atoms with Gasteiger partial charge in [0.1, 0.15) is 17.3 Å². The number of Topliss-reactive ketones (excluding diaryl/α,β-unsaturated/α-hetero) is 3. The Kier molecular flexibility index (Phi) is 10.7. The second kappa shape index (κ2) is 13.3. The van der Waals surface area contributed by atoms with Crippen LogP contribution in [0.4, 0.5) is 8.78 Å². The molecule has 10 heteroatoms. The number of fused-ring (bicyclic) bond motifs is 1. The molecular formula is C32H47F2N3O3S2. The number of benzene rings is 1. The molecule has 1 aromatic carbocycles. The number of thioether (sulfide) groups is 2. The lowest BCUT2D eigenvalue weighted by atomic mass is 9.82. The second-order valence-corrected chi connectivity index (χ2v) is 16.4. The third-order valence-corrected chi connectivity index (χ3v) is 12.8. The number of ketones is 3. The largest absolute Gasteiger partial charge is 0.298 e. The minimum atomic E-state index is -2.68. The summed E-state index contributed by atoms with van der Waals surface area (Å²) in [5.41, 5.74) is 3.31. The quantitative estimate of drug-likeness (QED) is 0.475. The molecule has 0 aromatic heterocycles. The lowest BCUT2D eigenvalue weighted by Gasteiger charge is -2.31. The first-order chi connectivity index (χ1) is 19.6. The van der Waals surface area contributed by atoms with Gasteiger partial charge in [0.25, 0.3) is 5.92 Å². The second-order valence-electron chi connectivity index (χ2n) is 13.2. The number of halogens is 2. The SMILES string of the molecule is CC(=O)[C@@H]1CC(F)(F)CN1C.CC(=O)[C@@H]1CC2(CN1C)SCCCS2.CC(=O)[C@@H]1CC2(Cc3ccccc3C2)CN1C. The fraction of sp³-hybridized carbons (Fsp3) is 0.719. The first-order valence-electron chi connectivity index (χ1n) is 15.0. The number of carbonyl (C=O) groups is 3. The van der Waals surface area contributed by atoms with E-state index in [-0.39, 0.29) is 30.8 Å². The topological polar surface area (TPSA) is 60.9 Å². The normalized spacial score (nSPS) is 29.5. The molecule has 4 fully saturated rings. The molecule has 2 spiro atoms. The molecule has 5 aliphatic rings. The van der Waals surface area contributed by atoms with E-state index in [0.29, 0.717) is 21.1 Å². The molecule has 4 saturated heterocycles. The van der Waals surface area contributed by atoms with Crippen LogP contribution in [0, 0.1) is 5.41 Å². The van der Waals surface area contributed by atoms with Crippen molar-refractivity contribution in [3.8, 4) is 0 Å². The van der Waals surface area contributed by atoms with Gasteiger partial charge in [-0.2, -0.15) is 0 Å². The standard InChI is InChI=1S/C15H19NO.C10H17NOS2.C7H11F2NO/c1-11(17)14-9-15(10-16(14)2)7-12-5-3-4-6-13(12)8-15;1-8(12)9-6-10(7-11(9)2)13-4-3-5-14-10;1-5(11)6-3-7(8,9)4-10(6)2/h3-6,14H,7-10H2,1-2H3;9H,3-7H2,1-2H3;6H,3-4H2,1-2H3/t14-;9-;6-/m000/s1. The van der Waals surface area contributed by atoms with Crippen LogP contribution >= 0.6 is 23.5 Å². The van der Waals surface area contributed by atoms with E-state index in [9.17, 15) is 23.2 Å².